The summed E-state index contributed by atoms with van der Waals surface area (Å²) in [6.07, 6.45) is 1.66. The molecule has 0 bridgehead atoms. The lowest BCUT2D eigenvalue weighted by atomic mass is 10.2. The fourth-order valence-corrected chi connectivity index (χ4v) is 5.32. The minimum absolute atomic E-state index is 0.103. The van der Waals surface area contributed by atoms with Crippen LogP contribution in [0.25, 0.3) is 0 Å². The number of benzene rings is 2. The monoisotopic (exact) mass is 490 g/mol. The Balaban J connectivity index is 1.59. The number of halogens is 3. The SMILES string of the molecule is O=C(COC(=O)c1ccc(S(=O)(=O)N2CCCC2)cc1)Nc1c(Cl)cc(Cl)cc1Cl. The molecular weight excluding hydrogens is 475 g/mol. The zero-order chi connectivity index (χ0) is 21.9. The minimum atomic E-state index is -3.57. The number of hydrogen-bond acceptors (Lipinski definition) is 5. The smallest absolute Gasteiger partial charge is 0.338 e. The zero-order valence-corrected chi connectivity index (χ0v) is 18.6. The van der Waals surface area contributed by atoms with E-state index in [0.29, 0.717) is 18.1 Å². The van der Waals surface area contributed by atoms with Crippen molar-refractivity contribution in [3.63, 3.8) is 0 Å². The minimum Gasteiger partial charge on any atom is -0.452 e. The first-order valence-electron chi connectivity index (χ1n) is 8.90. The second-order valence-electron chi connectivity index (χ2n) is 6.50. The summed E-state index contributed by atoms with van der Waals surface area (Å²) in [5.41, 5.74) is 0.269. The average Bonchev–Trinajstić information content (AvgIpc) is 3.25. The van der Waals surface area contributed by atoms with Crippen molar-refractivity contribution in [2.75, 3.05) is 25.0 Å². The van der Waals surface area contributed by atoms with Gasteiger partial charge in [-0.3, -0.25) is 4.79 Å². The van der Waals surface area contributed by atoms with Crippen molar-refractivity contribution in [2.24, 2.45) is 0 Å². The molecule has 0 aliphatic carbocycles. The van der Waals surface area contributed by atoms with E-state index in [1.54, 1.807) is 0 Å². The molecule has 7 nitrogen and oxygen atoms in total. The summed E-state index contributed by atoms with van der Waals surface area (Å²) in [5.74, 6) is -1.42. The van der Waals surface area contributed by atoms with Crippen LogP contribution in [0.2, 0.25) is 15.1 Å². The number of carbonyl (C=O) groups excluding carboxylic acids is 2. The number of amides is 1. The van der Waals surface area contributed by atoms with Gasteiger partial charge >= 0.3 is 5.97 Å². The third-order valence-electron chi connectivity index (χ3n) is 4.40. The summed E-state index contributed by atoms with van der Waals surface area (Å²) in [4.78, 5) is 24.3. The lowest BCUT2D eigenvalue weighted by Gasteiger charge is -2.15. The molecule has 1 fully saturated rings. The van der Waals surface area contributed by atoms with Crippen LogP contribution in [0, 0.1) is 0 Å². The van der Waals surface area contributed by atoms with Crippen LogP contribution in [-0.2, 0) is 19.6 Å². The standard InChI is InChI=1S/C19H17Cl3N2O5S/c20-13-9-15(21)18(16(22)10-13)23-17(25)11-29-19(26)12-3-5-14(6-4-12)30(27,28)24-7-1-2-8-24/h3-6,9-10H,1-2,7-8,11H2,(H,23,25). The molecule has 1 saturated heterocycles. The maximum atomic E-state index is 12.5. The Kier molecular flexibility index (Phi) is 7.26. The predicted molar refractivity (Wildman–Crippen MR) is 115 cm³/mol. The quantitative estimate of drug-likeness (QED) is 0.611. The molecule has 0 unspecified atom stereocenters. The molecule has 0 radical (unpaired) electrons. The van der Waals surface area contributed by atoms with Gasteiger partial charge in [-0.25, -0.2) is 13.2 Å². The van der Waals surface area contributed by atoms with Gasteiger partial charge in [0.05, 0.1) is 26.2 Å². The Morgan fingerprint density at radius 3 is 2.13 bits per heavy atom. The largest absolute Gasteiger partial charge is 0.452 e. The van der Waals surface area contributed by atoms with E-state index in [1.165, 1.54) is 40.7 Å². The van der Waals surface area contributed by atoms with E-state index < -0.39 is 28.5 Å². The molecule has 2 aromatic carbocycles. The van der Waals surface area contributed by atoms with Gasteiger partial charge in [0.2, 0.25) is 10.0 Å². The van der Waals surface area contributed by atoms with Gasteiger partial charge in [-0.1, -0.05) is 34.8 Å². The van der Waals surface area contributed by atoms with Crippen molar-refractivity contribution in [3.05, 3.63) is 57.0 Å². The molecule has 30 heavy (non-hydrogen) atoms. The van der Waals surface area contributed by atoms with Crippen LogP contribution in [-0.4, -0.2) is 44.3 Å². The van der Waals surface area contributed by atoms with Gasteiger partial charge in [-0.15, -0.1) is 0 Å². The van der Waals surface area contributed by atoms with E-state index >= 15 is 0 Å². The maximum Gasteiger partial charge on any atom is 0.338 e. The highest BCUT2D eigenvalue weighted by Crippen LogP contribution is 2.33. The number of nitrogens with one attached hydrogen (secondary N) is 1. The Hall–Kier alpha value is -1.84. The van der Waals surface area contributed by atoms with Gasteiger partial charge < -0.3 is 10.1 Å². The lowest BCUT2D eigenvalue weighted by Crippen LogP contribution is -2.27. The third-order valence-corrected chi connectivity index (χ3v) is 7.13. The molecule has 2 aromatic rings. The zero-order valence-electron chi connectivity index (χ0n) is 15.5. The summed E-state index contributed by atoms with van der Waals surface area (Å²) in [7, 11) is -3.57. The van der Waals surface area contributed by atoms with Crippen LogP contribution >= 0.6 is 34.8 Å². The van der Waals surface area contributed by atoms with Crippen LogP contribution in [0.5, 0.6) is 0 Å². The van der Waals surface area contributed by atoms with E-state index in [4.69, 9.17) is 39.5 Å². The Bertz CT molecular complexity index is 1050. The van der Waals surface area contributed by atoms with Crippen molar-refractivity contribution in [3.8, 4) is 0 Å². The predicted octanol–water partition coefficient (Wildman–Crippen LogP) is 4.23. The molecule has 11 heteroatoms. The summed E-state index contributed by atoms with van der Waals surface area (Å²) >= 11 is 17.8. The number of anilines is 1. The highest BCUT2D eigenvalue weighted by molar-refractivity contribution is 7.89. The topological polar surface area (TPSA) is 92.8 Å². The normalized spacial score (nSPS) is 14.5. The Labute approximate surface area is 188 Å². The number of hydrogen-bond donors (Lipinski definition) is 1. The molecule has 1 aliphatic heterocycles. The number of nitrogens with zero attached hydrogens (tertiary/aromatic N) is 1. The highest BCUT2D eigenvalue weighted by Gasteiger charge is 2.27. The fraction of sp³-hybridized carbons (Fsp3) is 0.263. The number of ether oxygens (including phenoxy) is 1. The second kappa shape index (κ2) is 9.53. The third kappa shape index (κ3) is 5.25. The van der Waals surface area contributed by atoms with Crippen LogP contribution in [0.4, 0.5) is 5.69 Å². The summed E-state index contributed by atoms with van der Waals surface area (Å²) < 4.78 is 31.4. The van der Waals surface area contributed by atoms with Crippen molar-refractivity contribution in [1.29, 1.82) is 0 Å². The number of sulfonamides is 1. The van der Waals surface area contributed by atoms with Gasteiger partial charge in [0.1, 0.15) is 0 Å². The molecule has 1 aliphatic rings. The first-order valence-corrected chi connectivity index (χ1v) is 11.5. The van der Waals surface area contributed by atoms with Crippen LogP contribution in [0.1, 0.15) is 23.2 Å². The van der Waals surface area contributed by atoms with Crippen molar-refractivity contribution in [2.45, 2.75) is 17.7 Å². The van der Waals surface area contributed by atoms with Crippen LogP contribution < -0.4 is 5.32 Å². The molecule has 1 heterocycles. The van der Waals surface area contributed by atoms with Gasteiger partial charge in [0.15, 0.2) is 6.61 Å². The van der Waals surface area contributed by atoms with Crippen LogP contribution in [0.15, 0.2) is 41.3 Å². The fourth-order valence-electron chi connectivity index (χ4n) is 2.89. The Morgan fingerprint density at radius 2 is 1.57 bits per heavy atom. The maximum absolute atomic E-state index is 12.5. The average molecular weight is 492 g/mol. The molecule has 3 rings (SSSR count). The van der Waals surface area contributed by atoms with Gasteiger partial charge in [0, 0.05) is 18.1 Å². The molecule has 0 atom stereocenters. The van der Waals surface area contributed by atoms with Crippen molar-refractivity contribution in [1.82, 2.24) is 4.31 Å². The number of rotatable bonds is 6. The first-order chi connectivity index (χ1) is 14.2. The van der Waals surface area contributed by atoms with E-state index in [0.717, 1.165) is 12.8 Å². The molecule has 0 spiro atoms. The first kappa shape index (κ1) is 22.8. The van der Waals surface area contributed by atoms with E-state index in [2.05, 4.69) is 5.32 Å². The summed E-state index contributed by atoms with van der Waals surface area (Å²) in [6, 6.07) is 8.20. The second-order valence-corrected chi connectivity index (χ2v) is 9.69. The Morgan fingerprint density at radius 1 is 1.00 bits per heavy atom. The van der Waals surface area contributed by atoms with Gasteiger partial charge in [-0.2, -0.15) is 4.31 Å². The summed E-state index contributed by atoms with van der Waals surface area (Å²) in [5, 5.41) is 3.04. The van der Waals surface area contributed by atoms with E-state index in [-0.39, 0.29) is 26.2 Å². The number of esters is 1. The molecule has 1 amide bonds. The summed E-state index contributed by atoms with van der Waals surface area (Å²) in [6.45, 7) is 0.397. The van der Waals surface area contributed by atoms with E-state index in [9.17, 15) is 18.0 Å². The molecule has 0 saturated carbocycles. The molecular formula is C19H17Cl3N2O5S. The van der Waals surface area contributed by atoms with Gasteiger partial charge in [0.25, 0.3) is 5.91 Å². The highest BCUT2D eigenvalue weighted by atomic mass is 35.5. The lowest BCUT2D eigenvalue weighted by molar-refractivity contribution is -0.119. The van der Waals surface area contributed by atoms with Gasteiger partial charge in [-0.05, 0) is 49.2 Å². The molecule has 1 N–H and O–H groups in total. The molecule has 160 valence electrons. The van der Waals surface area contributed by atoms with E-state index in [1.807, 2.05) is 0 Å². The van der Waals surface area contributed by atoms with Crippen molar-refractivity contribution >= 4 is 62.4 Å². The number of carbonyl (C=O) groups is 2. The van der Waals surface area contributed by atoms with Crippen LogP contribution in [0.3, 0.4) is 0 Å². The molecule has 0 aromatic heterocycles. The van der Waals surface area contributed by atoms with Crippen molar-refractivity contribution < 1.29 is 22.7 Å².